The van der Waals surface area contributed by atoms with Gasteiger partial charge >= 0.3 is 0 Å². The molecule has 2 rings (SSSR count). The Morgan fingerprint density at radius 3 is 2.67 bits per heavy atom. The highest BCUT2D eigenvalue weighted by molar-refractivity contribution is 7.91. The van der Waals surface area contributed by atoms with Gasteiger partial charge in [-0.2, -0.15) is 0 Å². The van der Waals surface area contributed by atoms with Gasteiger partial charge in [0.25, 0.3) is 0 Å². The van der Waals surface area contributed by atoms with E-state index < -0.39 is 9.84 Å². The summed E-state index contributed by atoms with van der Waals surface area (Å²) in [4.78, 5) is 4.43. The predicted molar refractivity (Wildman–Crippen MR) is 82.3 cm³/mol. The molecule has 0 aliphatic rings. The summed E-state index contributed by atoms with van der Waals surface area (Å²) in [6.45, 7) is 2.07. The van der Waals surface area contributed by atoms with Crippen molar-refractivity contribution in [2.45, 2.75) is 18.4 Å². The van der Waals surface area contributed by atoms with Gasteiger partial charge in [-0.1, -0.05) is 25.1 Å². The highest BCUT2D eigenvalue weighted by atomic mass is 32.2. The Labute approximate surface area is 124 Å². The number of aromatic nitrogens is 1. The molecule has 5 nitrogen and oxygen atoms in total. The molecule has 0 amide bonds. The zero-order valence-corrected chi connectivity index (χ0v) is 12.9. The van der Waals surface area contributed by atoms with Gasteiger partial charge in [-0.05, 0) is 18.2 Å². The van der Waals surface area contributed by atoms with E-state index in [0.717, 1.165) is 5.56 Å². The molecule has 1 N–H and O–H groups in total. The summed E-state index contributed by atoms with van der Waals surface area (Å²) >= 11 is 0. The number of anilines is 1. The molecule has 0 bridgehead atoms. The molecule has 0 saturated carbocycles. The highest BCUT2D eigenvalue weighted by Gasteiger charge is 2.16. The molecule has 0 atom stereocenters. The summed E-state index contributed by atoms with van der Waals surface area (Å²) in [6.07, 6.45) is 1.65. The Kier molecular flexibility index (Phi) is 4.80. The summed E-state index contributed by atoms with van der Waals surface area (Å²) < 4.78 is 29.3. The fourth-order valence-corrected chi connectivity index (χ4v) is 3.04. The highest BCUT2D eigenvalue weighted by Crippen LogP contribution is 2.23. The number of benzene rings is 1. The van der Waals surface area contributed by atoms with Crippen LogP contribution in [0, 0.1) is 0 Å². The van der Waals surface area contributed by atoms with Gasteiger partial charge in [0.1, 0.15) is 0 Å². The molecule has 0 spiro atoms. The lowest BCUT2D eigenvalue weighted by molar-refractivity contribution is 0.393. The fraction of sp³-hybridized carbons (Fsp3) is 0.267. The Balaban J connectivity index is 2.25. The van der Waals surface area contributed by atoms with Gasteiger partial charge in [-0.15, -0.1) is 0 Å². The van der Waals surface area contributed by atoms with Crippen LogP contribution in [0.15, 0.2) is 47.5 Å². The van der Waals surface area contributed by atoms with Gasteiger partial charge in [0.2, 0.25) is 5.88 Å². The standard InChI is InChI=1S/C15H18N2O3S/c1-3-21(18,19)14-9-5-4-8-13(14)17-11-12-7-6-10-16-15(12)20-2/h4-10,17H,3,11H2,1-2H3. The summed E-state index contributed by atoms with van der Waals surface area (Å²) in [5.74, 6) is 0.600. The molecular formula is C15H18N2O3S. The molecule has 0 fully saturated rings. The second-order valence-electron chi connectivity index (χ2n) is 4.42. The molecule has 1 aromatic heterocycles. The van der Waals surface area contributed by atoms with Crippen molar-refractivity contribution in [3.63, 3.8) is 0 Å². The molecule has 0 saturated heterocycles. The summed E-state index contributed by atoms with van der Waals surface area (Å²) in [7, 11) is -1.70. The van der Waals surface area contributed by atoms with E-state index in [0.29, 0.717) is 23.0 Å². The minimum Gasteiger partial charge on any atom is -0.481 e. The zero-order chi connectivity index (χ0) is 15.3. The SMILES string of the molecule is CCS(=O)(=O)c1ccccc1NCc1cccnc1OC. The van der Waals surface area contributed by atoms with Gasteiger partial charge in [0, 0.05) is 18.3 Å². The number of nitrogens with one attached hydrogen (secondary N) is 1. The van der Waals surface area contributed by atoms with E-state index in [1.165, 1.54) is 0 Å². The van der Waals surface area contributed by atoms with Crippen LogP contribution in [0.4, 0.5) is 5.69 Å². The summed E-state index contributed by atoms with van der Waals surface area (Å²) in [5.41, 5.74) is 1.45. The van der Waals surface area contributed by atoms with Crippen LogP contribution in [0.25, 0.3) is 0 Å². The number of ether oxygens (including phenoxy) is 1. The molecule has 0 aliphatic heterocycles. The molecule has 0 aliphatic carbocycles. The van der Waals surface area contributed by atoms with E-state index in [9.17, 15) is 8.42 Å². The normalized spacial score (nSPS) is 11.1. The molecule has 0 unspecified atom stereocenters. The predicted octanol–water partition coefficient (Wildman–Crippen LogP) is 2.50. The molecule has 6 heteroatoms. The minimum atomic E-state index is -3.26. The van der Waals surface area contributed by atoms with Gasteiger partial charge in [-0.3, -0.25) is 0 Å². The lowest BCUT2D eigenvalue weighted by Crippen LogP contribution is -2.09. The van der Waals surface area contributed by atoms with E-state index in [1.807, 2.05) is 12.1 Å². The van der Waals surface area contributed by atoms with Crippen molar-refractivity contribution in [3.05, 3.63) is 48.2 Å². The van der Waals surface area contributed by atoms with E-state index in [1.54, 1.807) is 44.5 Å². The third kappa shape index (κ3) is 3.52. The number of sulfone groups is 1. The smallest absolute Gasteiger partial charge is 0.218 e. The summed E-state index contributed by atoms with van der Waals surface area (Å²) in [5, 5.41) is 3.15. The molecule has 21 heavy (non-hydrogen) atoms. The number of para-hydroxylation sites is 1. The van der Waals surface area contributed by atoms with Crippen molar-refractivity contribution < 1.29 is 13.2 Å². The number of pyridine rings is 1. The van der Waals surface area contributed by atoms with Crippen molar-refractivity contribution in [3.8, 4) is 5.88 Å². The number of hydrogen-bond donors (Lipinski definition) is 1. The number of hydrogen-bond acceptors (Lipinski definition) is 5. The Morgan fingerprint density at radius 1 is 1.19 bits per heavy atom. The van der Waals surface area contributed by atoms with Crippen LogP contribution in [0.2, 0.25) is 0 Å². The maximum Gasteiger partial charge on any atom is 0.218 e. The molecule has 2 aromatic rings. The first-order valence-electron chi connectivity index (χ1n) is 6.62. The van der Waals surface area contributed by atoms with Crippen molar-refractivity contribution in [2.75, 3.05) is 18.2 Å². The fourth-order valence-electron chi connectivity index (χ4n) is 1.97. The van der Waals surface area contributed by atoms with Crippen LogP contribution < -0.4 is 10.1 Å². The van der Waals surface area contributed by atoms with E-state index in [4.69, 9.17) is 4.74 Å². The Hall–Kier alpha value is -2.08. The number of nitrogens with zero attached hydrogens (tertiary/aromatic N) is 1. The second-order valence-corrected chi connectivity index (χ2v) is 6.67. The lowest BCUT2D eigenvalue weighted by Gasteiger charge is -2.13. The molecular weight excluding hydrogens is 288 g/mol. The van der Waals surface area contributed by atoms with Crippen LogP contribution in [-0.4, -0.2) is 26.3 Å². The third-order valence-corrected chi connectivity index (χ3v) is 4.90. The van der Waals surface area contributed by atoms with Crippen molar-refractivity contribution in [2.24, 2.45) is 0 Å². The van der Waals surface area contributed by atoms with Crippen LogP contribution >= 0.6 is 0 Å². The lowest BCUT2D eigenvalue weighted by atomic mass is 10.2. The third-order valence-electron chi connectivity index (χ3n) is 3.11. The summed E-state index contributed by atoms with van der Waals surface area (Å²) in [6, 6.07) is 10.6. The first-order chi connectivity index (χ1) is 10.1. The topological polar surface area (TPSA) is 68.3 Å². The van der Waals surface area contributed by atoms with Gasteiger partial charge in [0.05, 0.1) is 23.4 Å². The van der Waals surface area contributed by atoms with Crippen LogP contribution in [0.3, 0.4) is 0 Å². The average molecular weight is 306 g/mol. The van der Waals surface area contributed by atoms with Crippen molar-refractivity contribution >= 4 is 15.5 Å². The van der Waals surface area contributed by atoms with Crippen LogP contribution in [0.1, 0.15) is 12.5 Å². The second kappa shape index (κ2) is 6.58. The monoisotopic (exact) mass is 306 g/mol. The first kappa shape index (κ1) is 15.3. The molecule has 1 heterocycles. The van der Waals surface area contributed by atoms with Crippen LogP contribution in [-0.2, 0) is 16.4 Å². The maximum atomic E-state index is 12.1. The molecule has 112 valence electrons. The van der Waals surface area contributed by atoms with Gasteiger partial charge in [0.15, 0.2) is 9.84 Å². The Morgan fingerprint density at radius 2 is 1.95 bits per heavy atom. The van der Waals surface area contributed by atoms with E-state index in [-0.39, 0.29) is 5.75 Å². The first-order valence-corrected chi connectivity index (χ1v) is 8.27. The van der Waals surface area contributed by atoms with E-state index >= 15 is 0 Å². The van der Waals surface area contributed by atoms with E-state index in [2.05, 4.69) is 10.3 Å². The van der Waals surface area contributed by atoms with Crippen LogP contribution in [0.5, 0.6) is 5.88 Å². The zero-order valence-electron chi connectivity index (χ0n) is 12.0. The van der Waals surface area contributed by atoms with Gasteiger partial charge < -0.3 is 10.1 Å². The largest absolute Gasteiger partial charge is 0.481 e. The molecule has 0 radical (unpaired) electrons. The maximum absolute atomic E-state index is 12.1. The Bertz CT molecular complexity index is 714. The van der Waals surface area contributed by atoms with Crippen molar-refractivity contribution in [1.82, 2.24) is 4.98 Å². The van der Waals surface area contributed by atoms with Gasteiger partial charge in [-0.25, -0.2) is 13.4 Å². The quantitative estimate of drug-likeness (QED) is 0.888. The number of methoxy groups -OCH3 is 1. The van der Waals surface area contributed by atoms with Crippen molar-refractivity contribution in [1.29, 1.82) is 0 Å². The number of rotatable bonds is 6. The average Bonchev–Trinajstić information content (AvgIpc) is 2.53. The molecule has 1 aromatic carbocycles. The minimum absolute atomic E-state index is 0.0713.